The molecule has 82 valence electrons. The summed E-state index contributed by atoms with van der Waals surface area (Å²) in [5, 5.41) is 0. The van der Waals surface area contributed by atoms with Crippen molar-refractivity contribution in [3.05, 3.63) is 29.1 Å². The van der Waals surface area contributed by atoms with Crippen LogP contribution in [0.5, 0.6) is 5.75 Å². The maximum absolute atomic E-state index is 13.8. The first-order valence-electron chi connectivity index (χ1n) is 5.15. The van der Waals surface area contributed by atoms with Gasteiger partial charge in [-0.2, -0.15) is 0 Å². The molecule has 0 N–H and O–H groups in total. The van der Waals surface area contributed by atoms with Crippen LogP contribution in [0.4, 0.5) is 4.39 Å². The quantitative estimate of drug-likeness (QED) is 0.698. The number of hydrogen-bond donors (Lipinski definition) is 0. The summed E-state index contributed by atoms with van der Waals surface area (Å²) in [7, 11) is 1.57. The van der Waals surface area contributed by atoms with Gasteiger partial charge < -0.3 is 4.74 Å². The largest absolute Gasteiger partial charge is 0.497 e. The molecule has 1 aromatic carbocycles. The van der Waals surface area contributed by atoms with Crippen LogP contribution in [-0.2, 0) is 0 Å². The Kier molecular flexibility index (Phi) is 3.01. The first-order valence-corrected chi connectivity index (χ1v) is 6.06. The van der Waals surface area contributed by atoms with Crippen LogP contribution in [0.2, 0.25) is 0 Å². The second-order valence-corrected chi connectivity index (χ2v) is 5.16. The second kappa shape index (κ2) is 4.12. The molecule has 15 heavy (non-hydrogen) atoms. The molecule has 2 unspecified atom stereocenters. The number of fused-ring (bicyclic) bond motifs is 1. The van der Waals surface area contributed by atoms with Gasteiger partial charge in [0.1, 0.15) is 11.6 Å². The van der Waals surface area contributed by atoms with Crippen LogP contribution in [-0.4, -0.2) is 7.11 Å². The lowest BCUT2D eigenvalue weighted by Crippen LogP contribution is -2.11. The van der Waals surface area contributed by atoms with Crippen LogP contribution in [0.25, 0.3) is 0 Å². The van der Waals surface area contributed by atoms with Crippen LogP contribution in [0, 0.1) is 5.82 Å². The van der Waals surface area contributed by atoms with E-state index >= 15 is 0 Å². The molecule has 0 heterocycles. The Balaban J connectivity index is 2.56. The highest BCUT2D eigenvalue weighted by molar-refractivity contribution is 9.09. The van der Waals surface area contributed by atoms with Gasteiger partial charge in [0.15, 0.2) is 0 Å². The summed E-state index contributed by atoms with van der Waals surface area (Å²) < 4.78 is 18.9. The first-order chi connectivity index (χ1) is 7.13. The van der Waals surface area contributed by atoms with Gasteiger partial charge in [-0.05, 0) is 36.0 Å². The molecule has 0 radical (unpaired) electrons. The molecule has 0 fully saturated rings. The van der Waals surface area contributed by atoms with E-state index in [4.69, 9.17) is 4.74 Å². The molecule has 0 aromatic heterocycles. The Hall–Kier alpha value is -0.570. The average molecular weight is 273 g/mol. The van der Waals surface area contributed by atoms with Gasteiger partial charge in [0.25, 0.3) is 0 Å². The lowest BCUT2D eigenvalue weighted by Gasteiger charge is -2.27. The normalized spacial score (nSPS) is 24.8. The van der Waals surface area contributed by atoms with Crippen molar-refractivity contribution in [2.24, 2.45) is 0 Å². The fourth-order valence-corrected chi connectivity index (χ4v) is 2.85. The fourth-order valence-electron chi connectivity index (χ4n) is 2.21. The number of rotatable bonds is 1. The highest BCUT2D eigenvalue weighted by Crippen LogP contribution is 2.44. The minimum absolute atomic E-state index is 0.138. The molecule has 0 saturated heterocycles. The van der Waals surface area contributed by atoms with E-state index in [2.05, 4.69) is 22.9 Å². The zero-order chi connectivity index (χ0) is 11.0. The summed E-state index contributed by atoms with van der Waals surface area (Å²) in [6, 6.07) is 3.41. The molecule has 0 spiro atoms. The van der Waals surface area contributed by atoms with E-state index in [0.29, 0.717) is 11.7 Å². The summed E-state index contributed by atoms with van der Waals surface area (Å²) in [5.74, 6) is 0.769. The molecule has 0 bridgehead atoms. The molecule has 2 rings (SSSR count). The number of alkyl halides is 1. The average Bonchev–Trinajstić information content (AvgIpc) is 2.23. The molecule has 1 aliphatic rings. The Morgan fingerprint density at radius 2 is 2.13 bits per heavy atom. The minimum atomic E-state index is -0.138. The zero-order valence-corrected chi connectivity index (χ0v) is 10.5. The van der Waals surface area contributed by atoms with Crippen molar-refractivity contribution in [3.8, 4) is 5.75 Å². The predicted octanol–water partition coefficient (Wildman–Crippen LogP) is 4.17. The second-order valence-electron chi connectivity index (χ2n) is 4.06. The van der Waals surface area contributed by atoms with Crippen molar-refractivity contribution in [1.82, 2.24) is 0 Å². The number of methoxy groups -OCH3 is 1. The van der Waals surface area contributed by atoms with Crippen molar-refractivity contribution in [3.63, 3.8) is 0 Å². The zero-order valence-electron chi connectivity index (χ0n) is 8.89. The van der Waals surface area contributed by atoms with E-state index in [1.165, 1.54) is 6.07 Å². The number of ether oxygens (including phenoxy) is 1. The van der Waals surface area contributed by atoms with Gasteiger partial charge in [-0.15, -0.1) is 0 Å². The Morgan fingerprint density at radius 3 is 2.80 bits per heavy atom. The van der Waals surface area contributed by atoms with Crippen LogP contribution in [0.1, 0.15) is 41.6 Å². The standard InChI is InChI=1S/C12H14BrFO/c1-7-3-4-10(13)9-5-8(15-2)6-11(14)12(7)9/h5-7,10H,3-4H2,1-2H3. The molecule has 0 aliphatic heterocycles. The molecule has 0 amide bonds. The van der Waals surface area contributed by atoms with Crippen LogP contribution < -0.4 is 4.74 Å². The van der Waals surface area contributed by atoms with E-state index in [1.807, 2.05) is 6.07 Å². The first kappa shape index (κ1) is 10.9. The SMILES string of the molecule is COc1cc(F)c2c(c1)C(Br)CCC2C. The topological polar surface area (TPSA) is 9.23 Å². The van der Waals surface area contributed by atoms with E-state index in [-0.39, 0.29) is 10.6 Å². The highest BCUT2D eigenvalue weighted by Gasteiger charge is 2.26. The third kappa shape index (κ3) is 1.89. The minimum Gasteiger partial charge on any atom is -0.497 e. The molecule has 0 saturated carbocycles. The molecule has 2 atom stereocenters. The molecule has 1 nitrogen and oxygen atoms in total. The van der Waals surface area contributed by atoms with E-state index < -0.39 is 0 Å². The maximum atomic E-state index is 13.8. The van der Waals surface area contributed by atoms with Gasteiger partial charge in [-0.3, -0.25) is 0 Å². The Bertz CT molecular complexity index is 378. The smallest absolute Gasteiger partial charge is 0.130 e. The number of benzene rings is 1. The lowest BCUT2D eigenvalue weighted by molar-refractivity contribution is 0.407. The highest BCUT2D eigenvalue weighted by atomic mass is 79.9. The van der Waals surface area contributed by atoms with E-state index in [9.17, 15) is 4.39 Å². The third-order valence-electron chi connectivity index (χ3n) is 3.05. The van der Waals surface area contributed by atoms with Gasteiger partial charge >= 0.3 is 0 Å². The summed E-state index contributed by atoms with van der Waals surface area (Å²) in [5.41, 5.74) is 1.90. The van der Waals surface area contributed by atoms with Crippen molar-refractivity contribution < 1.29 is 9.13 Å². The third-order valence-corrected chi connectivity index (χ3v) is 4.01. The molecular formula is C12H14BrFO. The van der Waals surface area contributed by atoms with Crippen molar-refractivity contribution in [2.75, 3.05) is 7.11 Å². The maximum Gasteiger partial charge on any atom is 0.130 e. The molecule has 1 aromatic rings. The fraction of sp³-hybridized carbons (Fsp3) is 0.500. The van der Waals surface area contributed by atoms with Gasteiger partial charge in [0.2, 0.25) is 0 Å². The van der Waals surface area contributed by atoms with Crippen molar-refractivity contribution in [1.29, 1.82) is 0 Å². The predicted molar refractivity (Wildman–Crippen MR) is 62.3 cm³/mol. The van der Waals surface area contributed by atoms with Crippen LogP contribution in [0.3, 0.4) is 0 Å². The van der Waals surface area contributed by atoms with Gasteiger partial charge in [0.05, 0.1) is 7.11 Å². The lowest BCUT2D eigenvalue weighted by atomic mass is 9.83. The summed E-state index contributed by atoms with van der Waals surface area (Å²) in [6.07, 6.45) is 2.09. The number of hydrogen-bond acceptors (Lipinski definition) is 1. The molecular weight excluding hydrogens is 259 g/mol. The summed E-state index contributed by atoms with van der Waals surface area (Å²) in [6.45, 7) is 2.08. The van der Waals surface area contributed by atoms with E-state index in [0.717, 1.165) is 24.0 Å². The monoisotopic (exact) mass is 272 g/mol. The summed E-state index contributed by atoms with van der Waals surface area (Å²) >= 11 is 3.59. The summed E-state index contributed by atoms with van der Waals surface area (Å²) in [4.78, 5) is 0.258. The van der Waals surface area contributed by atoms with Crippen molar-refractivity contribution >= 4 is 15.9 Å². The van der Waals surface area contributed by atoms with Gasteiger partial charge in [-0.25, -0.2) is 4.39 Å². The Morgan fingerprint density at radius 1 is 1.40 bits per heavy atom. The van der Waals surface area contributed by atoms with Gasteiger partial charge in [-0.1, -0.05) is 22.9 Å². The van der Waals surface area contributed by atoms with Crippen LogP contribution in [0.15, 0.2) is 12.1 Å². The van der Waals surface area contributed by atoms with Crippen LogP contribution >= 0.6 is 15.9 Å². The number of halogens is 2. The molecule has 1 aliphatic carbocycles. The van der Waals surface area contributed by atoms with E-state index in [1.54, 1.807) is 7.11 Å². The van der Waals surface area contributed by atoms with Gasteiger partial charge in [0, 0.05) is 10.9 Å². The molecule has 3 heteroatoms. The van der Waals surface area contributed by atoms with Crippen molar-refractivity contribution in [2.45, 2.75) is 30.5 Å². The Labute approximate surface area is 97.8 Å².